The van der Waals surface area contributed by atoms with Crippen LogP contribution in [0.15, 0.2) is 18.2 Å². The largest absolute Gasteiger partial charge is 0.313 e. The van der Waals surface area contributed by atoms with Gasteiger partial charge >= 0.3 is 0 Å². The average molecular weight is 328 g/mol. The van der Waals surface area contributed by atoms with Crippen LogP contribution in [-0.4, -0.2) is 12.6 Å². The minimum Gasteiger partial charge on any atom is -0.313 e. The smallest absolute Gasteiger partial charge is 0.0453 e. The van der Waals surface area contributed by atoms with Crippen molar-refractivity contribution in [1.29, 1.82) is 0 Å². The van der Waals surface area contributed by atoms with Crippen LogP contribution < -0.4 is 5.32 Å². The monoisotopic (exact) mass is 327 g/mol. The summed E-state index contributed by atoms with van der Waals surface area (Å²) in [4.78, 5) is 0. The highest BCUT2D eigenvalue weighted by atomic mass is 35.5. The van der Waals surface area contributed by atoms with Crippen LogP contribution in [0.5, 0.6) is 0 Å². The maximum atomic E-state index is 6.38. The minimum atomic E-state index is 0.357. The van der Waals surface area contributed by atoms with Crippen molar-refractivity contribution in [3.63, 3.8) is 0 Å². The van der Waals surface area contributed by atoms with Crippen molar-refractivity contribution < 1.29 is 0 Å². The molecule has 1 aromatic rings. The van der Waals surface area contributed by atoms with Gasteiger partial charge in [-0.15, -0.1) is 0 Å². The minimum absolute atomic E-state index is 0.357. The van der Waals surface area contributed by atoms with Crippen LogP contribution >= 0.6 is 23.2 Å². The van der Waals surface area contributed by atoms with E-state index >= 15 is 0 Å². The summed E-state index contributed by atoms with van der Waals surface area (Å²) in [5.74, 6) is 0. The molecule has 0 aromatic heterocycles. The Kier molecular flexibility index (Phi) is 6.40. The van der Waals surface area contributed by atoms with Crippen LogP contribution in [0.2, 0.25) is 10.0 Å². The van der Waals surface area contributed by atoms with Crippen LogP contribution in [0, 0.1) is 5.41 Å². The van der Waals surface area contributed by atoms with Crippen LogP contribution in [0.1, 0.15) is 57.9 Å². The molecule has 21 heavy (non-hydrogen) atoms. The Hall–Kier alpha value is -0.240. The molecule has 0 saturated heterocycles. The molecule has 0 aliphatic heterocycles. The van der Waals surface area contributed by atoms with Gasteiger partial charge in [-0.2, -0.15) is 0 Å². The average Bonchev–Trinajstić information content (AvgIpc) is 2.46. The summed E-state index contributed by atoms with van der Waals surface area (Å²) in [5, 5.41) is 5.36. The maximum Gasteiger partial charge on any atom is 0.0453 e. The van der Waals surface area contributed by atoms with Crippen molar-refractivity contribution in [1.82, 2.24) is 5.32 Å². The quantitative estimate of drug-likeness (QED) is 0.688. The van der Waals surface area contributed by atoms with E-state index in [2.05, 4.69) is 19.2 Å². The first-order chi connectivity index (χ1) is 10.1. The Morgan fingerprint density at radius 1 is 1.14 bits per heavy atom. The number of benzene rings is 1. The molecule has 0 radical (unpaired) electrons. The molecule has 1 aliphatic rings. The molecule has 1 aliphatic carbocycles. The van der Waals surface area contributed by atoms with Crippen molar-refractivity contribution in [2.24, 2.45) is 5.41 Å². The third-order valence-electron chi connectivity index (χ3n) is 4.95. The first-order valence-electron chi connectivity index (χ1n) is 8.23. The van der Waals surface area contributed by atoms with E-state index in [1.807, 2.05) is 18.2 Å². The Morgan fingerprint density at radius 2 is 1.76 bits per heavy atom. The molecule has 1 saturated carbocycles. The second kappa shape index (κ2) is 7.85. The lowest BCUT2D eigenvalue weighted by molar-refractivity contribution is 0.143. The molecule has 1 nitrogen and oxygen atoms in total. The SMILES string of the molecule is CCCNC(Cc1c(Cl)cccc1Cl)C1(C)CCCCC1. The molecule has 3 heteroatoms. The van der Waals surface area contributed by atoms with E-state index in [4.69, 9.17) is 23.2 Å². The predicted molar refractivity (Wildman–Crippen MR) is 93.4 cm³/mol. The summed E-state index contributed by atoms with van der Waals surface area (Å²) < 4.78 is 0. The zero-order valence-corrected chi connectivity index (χ0v) is 14.7. The van der Waals surface area contributed by atoms with E-state index in [0.29, 0.717) is 11.5 Å². The predicted octanol–water partition coefficient (Wildman–Crippen LogP) is 5.87. The first kappa shape index (κ1) is 17.1. The Morgan fingerprint density at radius 3 is 2.33 bits per heavy atom. The third kappa shape index (κ3) is 4.37. The molecule has 1 aromatic carbocycles. The highest BCUT2D eigenvalue weighted by molar-refractivity contribution is 6.36. The number of hydrogen-bond donors (Lipinski definition) is 1. The van der Waals surface area contributed by atoms with Gasteiger partial charge in [-0.25, -0.2) is 0 Å². The van der Waals surface area contributed by atoms with E-state index in [0.717, 1.165) is 35.0 Å². The van der Waals surface area contributed by atoms with Crippen molar-refractivity contribution in [3.05, 3.63) is 33.8 Å². The highest BCUT2D eigenvalue weighted by Crippen LogP contribution is 2.41. The van der Waals surface area contributed by atoms with Gasteiger partial charge in [0.25, 0.3) is 0 Å². The molecule has 0 bridgehead atoms. The number of nitrogens with one attached hydrogen (secondary N) is 1. The first-order valence-corrected chi connectivity index (χ1v) is 8.98. The molecule has 0 heterocycles. The lowest BCUT2D eigenvalue weighted by atomic mass is 9.69. The molecule has 0 amide bonds. The van der Waals surface area contributed by atoms with Gasteiger partial charge < -0.3 is 5.32 Å². The number of halogens is 2. The van der Waals surface area contributed by atoms with Gasteiger partial charge in [0.1, 0.15) is 0 Å². The molecule has 2 rings (SSSR count). The molecule has 0 spiro atoms. The van der Waals surface area contributed by atoms with Crippen molar-refractivity contribution in [2.45, 2.75) is 64.8 Å². The molecular weight excluding hydrogens is 301 g/mol. The van der Waals surface area contributed by atoms with Crippen molar-refractivity contribution in [2.75, 3.05) is 6.54 Å². The fraction of sp³-hybridized carbons (Fsp3) is 0.667. The number of hydrogen-bond acceptors (Lipinski definition) is 1. The second-order valence-corrected chi connectivity index (χ2v) is 7.44. The van der Waals surface area contributed by atoms with Gasteiger partial charge in [0.15, 0.2) is 0 Å². The summed E-state index contributed by atoms with van der Waals surface area (Å²) in [6.07, 6.45) is 8.75. The third-order valence-corrected chi connectivity index (χ3v) is 5.66. The highest BCUT2D eigenvalue weighted by Gasteiger charge is 2.35. The van der Waals surface area contributed by atoms with E-state index in [1.54, 1.807) is 0 Å². The molecule has 118 valence electrons. The van der Waals surface area contributed by atoms with Crippen molar-refractivity contribution >= 4 is 23.2 Å². The fourth-order valence-corrected chi connectivity index (χ4v) is 4.07. The summed E-state index contributed by atoms with van der Waals surface area (Å²) in [7, 11) is 0. The summed E-state index contributed by atoms with van der Waals surface area (Å²) in [6.45, 7) is 5.71. The standard InChI is InChI=1S/C18H27Cl2N/c1-3-12-21-17(18(2)10-5-4-6-11-18)13-14-15(19)8-7-9-16(14)20/h7-9,17,21H,3-6,10-13H2,1-2H3. The van der Waals surface area contributed by atoms with E-state index in [9.17, 15) is 0 Å². The summed E-state index contributed by atoms with van der Waals surface area (Å²) in [5.41, 5.74) is 1.46. The van der Waals surface area contributed by atoms with Crippen LogP contribution in [-0.2, 0) is 6.42 Å². The molecule has 1 unspecified atom stereocenters. The molecule has 1 N–H and O–H groups in total. The lowest BCUT2D eigenvalue weighted by Gasteiger charge is -2.42. The van der Waals surface area contributed by atoms with Crippen LogP contribution in [0.4, 0.5) is 0 Å². The zero-order valence-electron chi connectivity index (χ0n) is 13.2. The topological polar surface area (TPSA) is 12.0 Å². The van der Waals surface area contributed by atoms with Gasteiger partial charge in [0.05, 0.1) is 0 Å². The van der Waals surface area contributed by atoms with Gasteiger partial charge in [-0.1, -0.05) is 62.4 Å². The van der Waals surface area contributed by atoms with Crippen LogP contribution in [0.25, 0.3) is 0 Å². The van der Waals surface area contributed by atoms with E-state index in [-0.39, 0.29) is 0 Å². The normalized spacial score (nSPS) is 19.4. The van der Waals surface area contributed by atoms with Crippen LogP contribution in [0.3, 0.4) is 0 Å². The van der Waals surface area contributed by atoms with E-state index in [1.165, 1.54) is 32.1 Å². The summed E-state index contributed by atoms with van der Waals surface area (Å²) >= 11 is 12.8. The molecule has 1 atom stereocenters. The Bertz CT molecular complexity index is 432. The summed E-state index contributed by atoms with van der Waals surface area (Å²) in [6, 6.07) is 6.27. The van der Waals surface area contributed by atoms with Gasteiger partial charge in [0, 0.05) is 16.1 Å². The van der Waals surface area contributed by atoms with Gasteiger partial charge in [0.2, 0.25) is 0 Å². The van der Waals surface area contributed by atoms with Crippen molar-refractivity contribution in [3.8, 4) is 0 Å². The molecular formula is C18H27Cl2N. The Balaban J connectivity index is 2.19. The lowest BCUT2D eigenvalue weighted by Crippen LogP contribution is -2.46. The number of rotatable bonds is 6. The van der Waals surface area contributed by atoms with Gasteiger partial charge in [-0.05, 0) is 55.3 Å². The van der Waals surface area contributed by atoms with E-state index < -0.39 is 0 Å². The second-order valence-electron chi connectivity index (χ2n) is 6.63. The Labute approximate surface area is 139 Å². The molecule has 1 fully saturated rings. The maximum absolute atomic E-state index is 6.38. The fourth-order valence-electron chi connectivity index (χ4n) is 3.52. The zero-order chi connectivity index (χ0) is 15.3. The van der Waals surface area contributed by atoms with Gasteiger partial charge in [-0.3, -0.25) is 0 Å².